The zero-order valence-corrected chi connectivity index (χ0v) is 10.6. The molecule has 1 atom stereocenters. The predicted molar refractivity (Wildman–Crippen MR) is 65.6 cm³/mol. The Bertz CT molecular complexity index is 407. The largest absolute Gasteiger partial charge is 0.508 e. The number of phenols is 1. The van der Waals surface area contributed by atoms with Gasteiger partial charge in [0.2, 0.25) is 0 Å². The van der Waals surface area contributed by atoms with Crippen LogP contribution in [-0.4, -0.2) is 17.1 Å². The Balaban J connectivity index is 2.51. The summed E-state index contributed by atoms with van der Waals surface area (Å²) < 4.78 is 5.70. The van der Waals surface area contributed by atoms with E-state index < -0.39 is 0 Å². The van der Waals surface area contributed by atoms with Crippen LogP contribution in [-0.2, 0) is 11.8 Å². The van der Waals surface area contributed by atoms with Crippen molar-refractivity contribution in [2.24, 2.45) is 0 Å². The number of halogens is 1. The van der Waals surface area contributed by atoms with Crippen molar-refractivity contribution in [3.8, 4) is 11.5 Å². The number of hydrogen-bond donors (Lipinski definition) is 1. The molecule has 1 aromatic rings. The molecular formula is C13H17ClO2. The van der Waals surface area contributed by atoms with Crippen LogP contribution in [0.2, 0.25) is 0 Å². The number of rotatable bonds is 1. The van der Waals surface area contributed by atoms with E-state index in [1.165, 1.54) is 0 Å². The van der Waals surface area contributed by atoms with Gasteiger partial charge in [0, 0.05) is 17.5 Å². The Morgan fingerprint density at radius 2 is 2.12 bits per heavy atom. The molecule has 0 saturated heterocycles. The van der Waals surface area contributed by atoms with E-state index in [-0.39, 0.29) is 11.5 Å². The molecule has 1 aliphatic rings. The highest BCUT2D eigenvalue weighted by Gasteiger charge is 2.31. The van der Waals surface area contributed by atoms with Crippen LogP contribution in [0.15, 0.2) is 12.1 Å². The highest BCUT2D eigenvalue weighted by Crippen LogP contribution is 2.42. The van der Waals surface area contributed by atoms with Gasteiger partial charge in [-0.1, -0.05) is 20.8 Å². The zero-order valence-electron chi connectivity index (χ0n) is 9.88. The minimum absolute atomic E-state index is 0.0413. The van der Waals surface area contributed by atoms with E-state index in [1.54, 1.807) is 6.07 Å². The zero-order chi connectivity index (χ0) is 11.9. The van der Waals surface area contributed by atoms with Crippen LogP contribution in [0.3, 0.4) is 0 Å². The second-order valence-corrected chi connectivity index (χ2v) is 5.59. The van der Waals surface area contributed by atoms with Gasteiger partial charge in [0.25, 0.3) is 0 Å². The van der Waals surface area contributed by atoms with Crippen LogP contribution in [0.4, 0.5) is 0 Å². The van der Waals surface area contributed by atoms with E-state index in [4.69, 9.17) is 16.3 Å². The standard InChI is InChI=1S/C13H17ClO2/c1-13(2,3)12-9-6-8(7-14)16-11(9)5-4-10(12)15/h4-5,8,15H,6-7H2,1-3H3. The number of ether oxygens (including phenoxy) is 1. The molecule has 88 valence electrons. The second-order valence-electron chi connectivity index (χ2n) is 5.28. The van der Waals surface area contributed by atoms with Gasteiger partial charge in [-0.3, -0.25) is 0 Å². The highest BCUT2D eigenvalue weighted by atomic mass is 35.5. The summed E-state index contributed by atoms with van der Waals surface area (Å²) in [6.45, 7) is 6.28. The number of fused-ring (bicyclic) bond motifs is 1. The Kier molecular flexibility index (Phi) is 2.79. The van der Waals surface area contributed by atoms with Gasteiger partial charge in [0.15, 0.2) is 0 Å². The Morgan fingerprint density at radius 1 is 1.44 bits per heavy atom. The molecule has 0 radical (unpaired) electrons. The average Bonchev–Trinajstić information content (AvgIpc) is 2.57. The van der Waals surface area contributed by atoms with E-state index in [2.05, 4.69) is 20.8 Å². The summed E-state index contributed by atoms with van der Waals surface area (Å²) in [5, 5.41) is 9.98. The van der Waals surface area contributed by atoms with Crippen molar-refractivity contribution in [1.82, 2.24) is 0 Å². The Labute approximate surface area is 101 Å². The lowest BCUT2D eigenvalue weighted by Crippen LogP contribution is -2.16. The molecule has 0 aromatic heterocycles. The van der Waals surface area contributed by atoms with Gasteiger partial charge in [-0.05, 0) is 17.5 Å². The summed E-state index contributed by atoms with van der Waals surface area (Å²) in [5.41, 5.74) is 2.01. The molecule has 0 bridgehead atoms. The van der Waals surface area contributed by atoms with E-state index >= 15 is 0 Å². The molecule has 16 heavy (non-hydrogen) atoms. The molecule has 0 amide bonds. The number of alkyl halides is 1. The monoisotopic (exact) mass is 240 g/mol. The number of benzene rings is 1. The minimum Gasteiger partial charge on any atom is -0.508 e. The first kappa shape index (κ1) is 11.6. The molecule has 0 fully saturated rings. The van der Waals surface area contributed by atoms with Gasteiger partial charge < -0.3 is 9.84 Å². The van der Waals surface area contributed by atoms with Crippen molar-refractivity contribution in [2.75, 3.05) is 5.88 Å². The SMILES string of the molecule is CC(C)(C)c1c(O)ccc2c1CC(CCl)O2. The smallest absolute Gasteiger partial charge is 0.123 e. The summed E-state index contributed by atoms with van der Waals surface area (Å²) in [6, 6.07) is 3.53. The highest BCUT2D eigenvalue weighted by molar-refractivity contribution is 6.18. The Hall–Kier alpha value is -0.890. The summed E-state index contributed by atoms with van der Waals surface area (Å²) >= 11 is 5.82. The lowest BCUT2D eigenvalue weighted by molar-refractivity contribution is 0.258. The predicted octanol–water partition coefficient (Wildman–Crippen LogP) is 3.23. The molecule has 1 aromatic carbocycles. The topological polar surface area (TPSA) is 29.5 Å². The van der Waals surface area contributed by atoms with Crippen LogP contribution < -0.4 is 4.74 Å². The third-order valence-corrected chi connectivity index (χ3v) is 3.24. The normalized spacial score (nSPS) is 19.4. The van der Waals surface area contributed by atoms with Crippen molar-refractivity contribution < 1.29 is 9.84 Å². The van der Waals surface area contributed by atoms with Gasteiger partial charge in [-0.2, -0.15) is 0 Å². The molecule has 0 aliphatic carbocycles. The van der Waals surface area contributed by atoms with Gasteiger partial charge in [-0.15, -0.1) is 11.6 Å². The van der Waals surface area contributed by atoms with Crippen LogP contribution in [0.5, 0.6) is 11.5 Å². The van der Waals surface area contributed by atoms with Gasteiger partial charge >= 0.3 is 0 Å². The summed E-state index contributed by atoms with van der Waals surface area (Å²) in [7, 11) is 0. The molecule has 1 N–H and O–H groups in total. The lowest BCUT2D eigenvalue weighted by atomic mass is 9.82. The third kappa shape index (κ3) is 1.86. The van der Waals surface area contributed by atoms with Crippen LogP contribution >= 0.6 is 11.6 Å². The van der Waals surface area contributed by atoms with E-state index in [1.807, 2.05) is 6.07 Å². The third-order valence-electron chi connectivity index (χ3n) is 2.90. The van der Waals surface area contributed by atoms with Crippen molar-refractivity contribution in [1.29, 1.82) is 0 Å². The number of phenolic OH excluding ortho intramolecular Hbond substituents is 1. The van der Waals surface area contributed by atoms with Crippen LogP contribution in [0, 0.1) is 0 Å². The average molecular weight is 241 g/mol. The molecule has 1 heterocycles. The molecule has 0 saturated carbocycles. The van der Waals surface area contributed by atoms with Gasteiger partial charge in [-0.25, -0.2) is 0 Å². The summed E-state index contributed by atoms with van der Waals surface area (Å²) in [5.74, 6) is 1.71. The maximum Gasteiger partial charge on any atom is 0.123 e. The van der Waals surface area contributed by atoms with Crippen LogP contribution in [0.25, 0.3) is 0 Å². The maximum atomic E-state index is 9.98. The minimum atomic E-state index is -0.0833. The summed E-state index contributed by atoms with van der Waals surface area (Å²) in [6.07, 6.45) is 0.833. The fourth-order valence-electron chi connectivity index (χ4n) is 2.30. The Morgan fingerprint density at radius 3 is 2.69 bits per heavy atom. The first-order chi connectivity index (χ1) is 7.43. The fourth-order valence-corrected chi connectivity index (χ4v) is 2.47. The van der Waals surface area contributed by atoms with Crippen molar-refractivity contribution in [2.45, 2.75) is 38.7 Å². The quantitative estimate of drug-likeness (QED) is 0.764. The van der Waals surface area contributed by atoms with Crippen molar-refractivity contribution >= 4 is 11.6 Å². The first-order valence-corrected chi connectivity index (χ1v) is 6.05. The molecule has 2 nitrogen and oxygen atoms in total. The first-order valence-electron chi connectivity index (χ1n) is 5.51. The van der Waals surface area contributed by atoms with Crippen molar-refractivity contribution in [3.63, 3.8) is 0 Å². The summed E-state index contributed by atoms with van der Waals surface area (Å²) in [4.78, 5) is 0. The molecular weight excluding hydrogens is 224 g/mol. The fraction of sp³-hybridized carbons (Fsp3) is 0.538. The van der Waals surface area contributed by atoms with E-state index in [0.717, 1.165) is 23.3 Å². The molecule has 0 spiro atoms. The molecule has 3 heteroatoms. The molecule has 1 aliphatic heterocycles. The number of aromatic hydroxyl groups is 1. The lowest BCUT2D eigenvalue weighted by Gasteiger charge is -2.23. The number of hydrogen-bond acceptors (Lipinski definition) is 2. The van der Waals surface area contributed by atoms with Crippen molar-refractivity contribution in [3.05, 3.63) is 23.3 Å². The van der Waals surface area contributed by atoms with Gasteiger partial charge in [0.05, 0.1) is 5.88 Å². The second kappa shape index (κ2) is 3.85. The molecule has 2 rings (SSSR count). The van der Waals surface area contributed by atoms with E-state index in [0.29, 0.717) is 11.6 Å². The van der Waals surface area contributed by atoms with Gasteiger partial charge in [0.1, 0.15) is 17.6 Å². The maximum absolute atomic E-state index is 9.98. The molecule has 1 unspecified atom stereocenters. The van der Waals surface area contributed by atoms with Crippen LogP contribution in [0.1, 0.15) is 31.9 Å². The van der Waals surface area contributed by atoms with E-state index in [9.17, 15) is 5.11 Å².